The van der Waals surface area contributed by atoms with Crippen LogP contribution in [0.25, 0.3) is 0 Å². The molecular formula is C24H22N2O4. The fourth-order valence-electron chi connectivity index (χ4n) is 3.72. The number of hydrogen-bond acceptors (Lipinski definition) is 5. The molecule has 1 aromatic heterocycles. The molecule has 1 aliphatic heterocycles. The molecule has 1 atom stereocenters. The number of para-hydroxylation sites is 1. The predicted molar refractivity (Wildman–Crippen MR) is 113 cm³/mol. The Morgan fingerprint density at radius 3 is 2.73 bits per heavy atom. The van der Waals surface area contributed by atoms with Gasteiger partial charge in [0.2, 0.25) is 0 Å². The zero-order valence-corrected chi connectivity index (χ0v) is 16.6. The van der Waals surface area contributed by atoms with Gasteiger partial charge in [-0.25, -0.2) is 0 Å². The molecule has 6 heteroatoms. The Bertz CT molecular complexity index is 1080. The van der Waals surface area contributed by atoms with Gasteiger partial charge in [0.1, 0.15) is 12.4 Å². The monoisotopic (exact) mass is 402 g/mol. The van der Waals surface area contributed by atoms with Gasteiger partial charge >= 0.3 is 0 Å². The topological polar surface area (TPSA) is 79.7 Å². The molecule has 0 spiro atoms. The number of ether oxygens (including phenoxy) is 1. The van der Waals surface area contributed by atoms with Crippen LogP contribution in [0.5, 0.6) is 5.75 Å². The number of hydrogen-bond donors (Lipinski definition) is 1. The highest BCUT2D eigenvalue weighted by Gasteiger charge is 2.50. The van der Waals surface area contributed by atoms with Crippen molar-refractivity contribution in [3.63, 3.8) is 0 Å². The first-order chi connectivity index (χ1) is 14.5. The highest BCUT2D eigenvalue weighted by molar-refractivity contribution is 6.10. The summed E-state index contributed by atoms with van der Waals surface area (Å²) < 4.78 is 5.78. The van der Waals surface area contributed by atoms with Crippen LogP contribution in [-0.4, -0.2) is 34.9 Å². The van der Waals surface area contributed by atoms with Crippen molar-refractivity contribution in [1.82, 2.24) is 4.98 Å². The van der Waals surface area contributed by atoms with Crippen molar-refractivity contribution < 1.29 is 19.4 Å². The predicted octanol–water partition coefficient (Wildman–Crippen LogP) is 3.28. The fourth-order valence-corrected chi connectivity index (χ4v) is 3.72. The second-order valence-electron chi connectivity index (χ2n) is 7.34. The quantitative estimate of drug-likeness (QED) is 0.614. The van der Waals surface area contributed by atoms with Crippen molar-refractivity contribution in [3.8, 4) is 5.75 Å². The molecular weight excluding hydrogens is 380 g/mol. The standard InChI is InChI=1S/C24H22N2O4/c1-17-6-4-8-19(14-17)30-13-12-26-21-10-3-2-9-20(21)24(29,23(26)28)15-22(27)18-7-5-11-25-16-18/h2-11,14,16,29H,12-13,15H2,1H3. The third kappa shape index (κ3) is 3.69. The zero-order chi connectivity index (χ0) is 21.1. The van der Waals surface area contributed by atoms with E-state index in [4.69, 9.17) is 4.74 Å². The molecule has 30 heavy (non-hydrogen) atoms. The molecule has 1 N–H and O–H groups in total. The number of fused-ring (bicyclic) bond motifs is 1. The van der Waals surface area contributed by atoms with E-state index in [1.807, 2.05) is 31.2 Å². The maximum absolute atomic E-state index is 13.2. The molecule has 2 aromatic carbocycles. The molecule has 6 nitrogen and oxygen atoms in total. The minimum atomic E-state index is -1.91. The number of Topliss-reactive ketones (excluding diaryl/α,β-unsaturated/α-hetero) is 1. The van der Waals surface area contributed by atoms with Crippen LogP contribution < -0.4 is 9.64 Å². The minimum Gasteiger partial charge on any atom is -0.492 e. The van der Waals surface area contributed by atoms with Crippen molar-refractivity contribution in [2.24, 2.45) is 0 Å². The molecule has 0 aliphatic carbocycles. The second-order valence-corrected chi connectivity index (χ2v) is 7.34. The lowest BCUT2D eigenvalue weighted by molar-refractivity contribution is -0.135. The smallest absolute Gasteiger partial charge is 0.264 e. The van der Waals surface area contributed by atoms with Gasteiger partial charge in [0.25, 0.3) is 5.91 Å². The number of aryl methyl sites for hydroxylation is 1. The van der Waals surface area contributed by atoms with Crippen LogP contribution >= 0.6 is 0 Å². The minimum absolute atomic E-state index is 0.257. The van der Waals surface area contributed by atoms with Gasteiger partial charge in [-0.1, -0.05) is 30.3 Å². The van der Waals surface area contributed by atoms with Crippen molar-refractivity contribution in [2.75, 3.05) is 18.1 Å². The second kappa shape index (κ2) is 8.08. The molecule has 1 unspecified atom stereocenters. The summed E-state index contributed by atoms with van der Waals surface area (Å²) in [6.45, 7) is 2.50. The van der Waals surface area contributed by atoms with Gasteiger partial charge in [0.05, 0.1) is 18.7 Å². The number of carbonyl (C=O) groups is 2. The number of pyridine rings is 1. The lowest BCUT2D eigenvalue weighted by Gasteiger charge is -2.23. The molecule has 0 saturated carbocycles. The average molecular weight is 402 g/mol. The van der Waals surface area contributed by atoms with Crippen LogP contribution in [0.3, 0.4) is 0 Å². The number of aliphatic hydroxyl groups is 1. The molecule has 1 aliphatic rings. The van der Waals surface area contributed by atoms with Crippen molar-refractivity contribution in [3.05, 3.63) is 89.7 Å². The summed E-state index contributed by atoms with van der Waals surface area (Å²) in [6.07, 6.45) is 2.66. The van der Waals surface area contributed by atoms with Gasteiger partial charge in [-0.05, 0) is 42.8 Å². The van der Waals surface area contributed by atoms with Gasteiger partial charge in [0, 0.05) is 23.5 Å². The van der Waals surface area contributed by atoms with E-state index >= 15 is 0 Å². The van der Waals surface area contributed by atoms with E-state index in [-0.39, 0.29) is 25.4 Å². The highest BCUT2D eigenvalue weighted by Crippen LogP contribution is 2.42. The number of carbonyl (C=O) groups excluding carboxylic acids is 2. The van der Waals surface area contributed by atoms with Crippen LogP contribution in [0.4, 0.5) is 5.69 Å². The van der Waals surface area contributed by atoms with Gasteiger partial charge < -0.3 is 14.7 Å². The molecule has 0 saturated heterocycles. The number of anilines is 1. The largest absolute Gasteiger partial charge is 0.492 e. The van der Waals surface area contributed by atoms with Gasteiger partial charge in [0.15, 0.2) is 11.4 Å². The number of aromatic nitrogens is 1. The highest BCUT2D eigenvalue weighted by atomic mass is 16.5. The maximum Gasteiger partial charge on any atom is 0.264 e. The number of rotatable bonds is 7. The SMILES string of the molecule is Cc1cccc(OCCN2C(=O)C(O)(CC(=O)c3cccnc3)c3ccccc32)c1. The van der Waals surface area contributed by atoms with Gasteiger partial charge in [-0.3, -0.25) is 14.6 Å². The molecule has 1 amide bonds. The van der Waals surface area contributed by atoms with Crippen molar-refractivity contribution in [2.45, 2.75) is 18.9 Å². The third-order valence-electron chi connectivity index (χ3n) is 5.21. The average Bonchev–Trinajstić information content (AvgIpc) is 2.96. The van der Waals surface area contributed by atoms with Crippen LogP contribution in [0.15, 0.2) is 73.1 Å². The molecule has 3 aromatic rings. The van der Waals surface area contributed by atoms with Crippen LogP contribution in [-0.2, 0) is 10.4 Å². The third-order valence-corrected chi connectivity index (χ3v) is 5.21. The maximum atomic E-state index is 13.2. The van der Waals surface area contributed by atoms with E-state index in [0.717, 1.165) is 11.3 Å². The summed E-state index contributed by atoms with van der Waals surface area (Å²) in [4.78, 5) is 31.3. The van der Waals surface area contributed by atoms with Crippen LogP contribution in [0.1, 0.15) is 27.9 Å². The lowest BCUT2D eigenvalue weighted by atomic mass is 9.88. The first-order valence-electron chi connectivity index (χ1n) is 9.75. The molecule has 4 rings (SSSR count). The summed E-state index contributed by atoms with van der Waals surface area (Å²) in [6, 6.07) is 17.9. The molecule has 0 bridgehead atoms. The van der Waals surface area contributed by atoms with E-state index in [2.05, 4.69) is 4.98 Å². The lowest BCUT2D eigenvalue weighted by Crippen LogP contribution is -2.43. The van der Waals surface area contributed by atoms with E-state index in [1.54, 1.807) is 42.6 Å². The Labute approximate surface area is 174 Å². The first-order valence-corrected chi connectivity index (χ1v) is 9.75. The first kappa shape index (κ1) is 19.8. The van der Waals surface area contributed by atoms with Crippen LogP contribution in [0, 0.1) is 6.92 Å². The summed E-state index contributed by atoms with van der Waals surface area (Å²) in [7, 11) is 0. The summed E-state index contributed by atoms with van der Waals surface area (Å²) in [5.74, 6) is -0.141. The summed E-state index contributed by atoms with van der Waals surface area (Å²) in [5, 5.41) is 11.3. The van der Waals surface area contributed by atoms with E-state index in [1.165, 1.54) is 11.1 Å². The Balaban J connectivity index is 1.53. The Hall–Kier alpha value is -3.51. The van der Waals surface area contributed by atoms with E-state index in [0.29, 0.717) is 16.8 Å². The number of nitrogens with zero attached hydrogens (tertiary/aromatic N) is 2. The fraction of sp³-hybridized carbons (Fsp3) is 0.208. The normalized spacial score (nSPS) is 17.7. The summed E-state index contributed by atoms with van der Waals surface area (Å²) >= 11 is 0. The molecule has 152 valence electrons. The summed E-state index contributed by atoms with van der Waals surface area (Å²) in [5.41, 5.74) is 0.558. The van der Waals surface area contributed by atoms with Crippen molar-refractivity contribution >= 4 is 17.4 Å². The molecule has 0 radical (unpaired) electrons. The van der Waals surface area contributed by atoms with Gasteiger partial charge in [-0.15, -0.1) is 0 Å². The zero-order valence-electron chi connectivity index (χ0n) is 16.6. The number of ketones is 1. The molecule has 2 heterocycles. The van der Waals surface area contributed by atoms with Crippen LogP contribution in [0.2, 0.25) is 0 Å². The number of amides is 1. The molecule has 0 fully saturated rings. The Kier molecular flexibility index (Phi) is 5.33. The van der Waals surface area contributed by atoms with Gasteiger partial charge in [-0.2, -0.15) is 0 Å². The number of benzene rings is 2. The van der Waals surface area contributed by atoms with E-state index in [9.17, 15) is 14.7 Å². The van der Waals surface area contributed by atoms with Crippen molar-refractivity contribution in [1.29, 1.82) is 0 Å². The Morgan fingerprint density at radius 2 is 1.97 bits per heavy atom. The van der Waals surface area contributed by atoms with E-state index < -0.39 is 11.5 Å². The Morgan fingerprint density at radius 1 is 1.13 bits per heavy atom.